The molecule has 7 aliphatic heterocycles. The molecule has 35 nitrogen and oxygen atoms in total. The van der Waals surface area contributed by atoms with E-state index in [9.17, 15) is 75.0 Å². The number of pyridine rings is 1. The van der Waals surface area contributed by atoms with Gasteiger partial charge in [-0.3, -0.25) is 38.5 Å². The number of anilines is 1. The third-order valence-electron chi connectivity index (χ3n) is 20.4. The molecule has 6 aromatic carbocycles. The van der Waals surface area contributed by atoms with Crippen LogP contribution in [0.4, 0.5) is 5.69 Å². The molecule has 21 N–H and O–H groups in total. The molecule has 7 aliphatic rings. The van der Waals surface area contributed by atoms with Gasteiger partial charge in [-0.05, 0) is 134 Å². The summed E-state index contributed by atoms with van der Waals surface area (Å²) >= 11 is 20.5. The predicted octanol–water partition coefficient (Wildman–Crippen LogP) is 3.05. The van der Waals surface area contributed by atoms with Crippen LogP contribution in [0.25, 0.3) is 22.0 Å². The number of likely N-dealkylation sites (N-methyl/N-ethyl adjacent to an activating group) is 1. The van der Waals surface area contributed by atoms with Gasteiger partial charge in [-0.2, -0.15) is 0 Å². The van der Waals surface area contributed by atoms with Crippen LogP contribution in [0.3, 0.4) is 0 Å². The summed E-state index contributed by atoms with van der Waals surface area (Å²) in [6.07, 6.45) is -17.1. The standard InChI is InChI=1S/C77H84Cl3N11O24/c1-30(2)18-45(82-5)69(102)90-60-62(97)33-7-12-49(41(79)20-33)111-51-22-35-23-52(66(51)115-76-67(65(100)64(99)53(29-92)113-76)114-55-28-77(4,68(101)31(3)110-55)85-17-16-84-43-14-15-83-44-24-36(78)9-10-38(43)44)112-50-13-8-34(21-42(50)80)63(98)61-74(107)89-59(75(108)109)40-25-37(93)26-48(95)56(40)39-19-32(6-11-47(39)94)57(71(104)91-61)88-72(105)58(35)87-70(103)46(27-54(81)96)86-73(60)106/h6-15,19-26,30-31,45-46,53,55,57-65,67-68,76,82,85,92-95,97-101H,16-18,27-29H2,1-5H3,(H2,81,96)(H,83,84)(H,86,106)(H,87,103)(H,88,105)(H,89,107)(H,90,102)(H,91,104)(H,108,109)/t31?,45-,46+,53?,55?,57-,58-,59?,60-,61+,62-,63-,64?,65?,67?,68?,76?,77?/m1/s1. The molecule has 0 radical (unpaired) electrons. The summed E-state index contributed by atoms with van der Waals surface area (Å²) in [5.41, 5.74) is 3.05. The average molecular weight is 1650 g/mol. The Morgan fingerprint density at radius 1 is 0.704 bits per heavy atom. The number of carboxylic acids is 1. The van der Waals surface area contributed by atoms with Crippen LogP contribution in [0.1, 0.15) is 105 Å². The number of nitrogens with two attached hydrogens (primary N) is 1. The molecule has 115 heavy (non-hydrogen) atoms. The highest BCUT2D eigenvalue weighted by Crippen LogP contribution is 2.50. The molecule has 14 rings (SSSR count). The number of primary amides is 1. The lowest BCUT2D eigenvalue weighted by molar-refractivity contribution is -0.334. The summed E-state index contributed by atoms with van der Waals surface area (Å²) in [4.78, 5) is 122. The summed E-state index contributed by atoms with van der Waals surface area (Å²) in [7, 11) is 1.47. The van der Waals surface area contributed by atoms with Gasteiger partial charge in [0.2, 0.25) is 53.4 Å². The molecule has 18 atom stereocenters. The second-order valence-corrected chi connectivity index (χ2v) is 30.3. The summed E-state index contributed by atoms with van der Waals surface area (Å²) in [6, 6.07) is 6.36. The quantitative estimate of drug-likeness (QED) is 0.0549. The van der Waals surface area contributed by atoms with Gasteiger partial charge in [0.15, 0.2) is 29.9 Å². The van der Waals surface area contributed by atoms with Gasteiger partial charge in [-0.15, -0.1) is 0 Å². The van der Waals surface area contributed by atoms with Crippen molar-refractivity contribution in [1.29, 1.82) is 0 Å². The number of aliphatic hydroxyl groups is 6. The number of hydrogen-bond acceptors (Lipinski definition) is 27. The van der Waals surface area contributed by atoms with E-state index in [2.05, 4.69) is 52.8 Å². The van der Waals surface area contributed by atoms with Crippen LogP contribution >= 0.6 is 34.8 Å². The first-order valence-electron chi connectivity index (χ1n) is 36.3. The maximum absolute atomic E-state index is 16.2. The maximum atomic E-state index is 16.2. The third kappa shape index (κ3) is 18.1. The number of ether oxygens (including phenoxy) is 6. The van der Waals surface area contributed by atoms with Gasteiger partial charge >= 0.3 is 5.97 Å². The number of carbonyl (C=O) groups is 8. The molecular weight excluding hydrogens is 1570 g/mol. The van der Waals surface area contributed by atoms with E-state index in [1.54, 1.807) is 38.2 Å². The van der Waals surface area contributed by atoms with Crippen molar-refractivity contribution in [3.8, 4) is 57.1 Å². The van der Waals surface area contributed by atoms with E-state index in [4.69, 9.17) is 69.0 Å². The number of aromatic nitrogens is 1. The van der Waals surface area contributed by atoms with Crippen LogP contribution in [0.5, 0.6) is 46.0 Å². The lowest BCUT2D eigenvalue weighted by atomic mass is 9.85. The smallest absolute Gasteiger partial charge is 0.330 e. The number of nitrogens with one attached hydrogen (secondary N) is 9. The third-order valence-corrected chi connectivity index (χ3v) is 21.2. The van der Waals surface area contributed by atoms with Crippen molar-refractivity contribution in [2.45, 2.75) is 156 Å². The number of phenols is 3. The van der Waals surface area contributed by atoms with E-state index < -0.39 is 237 Å². The van der Waals surface area contributed by atoms with Gasteiger partial charge in [0.25, 0.3) is 0 Å². The summed E-state index contributed by atoms with van der Waals surface area (Å²) in [6.45, 7) is 6.45. The molecule has 0 spiro atoms. The Labute approximate surface area is 670 Å². The molecule has 0 aliphatic carbocycles. The fraction of sp³-hybridized carbons (Fsp3) is 0.390. The minimum absolute atomic E-state index is 0.108. The molecular formula is C77H84Cl3N11O24. The van der Waals surface area contributed by atoms with Crippen LogP contribution in [-0.2, 0) is 52.6 Å². The zero-order valence-corrected chi connectivity index (χ0v) is 64.1. The highest BCUT2D eigenvalue weighted by Gasteiger charge is 2.52. The largest absolute Gasteiger partial charge is 0.508 e. The molecule has 2 fully saturated rings. The number of aliphatic carboxylic acids is 1. The Morgan fingerprint density at radius 3 is 2.00 bits per heavy atom. The first-order valence-corrected chi connectivity index (χ1v) is 37.5. The van der Waals surface area contributed by atoms with E-state index in [0.717, 1.165) is 77.8 Å². The molecule has 7 aromatic rings. The van der Waals surface area contributed by atoms with Gasteiger partial charge in [-0.25, -0.2) is 4.79 Å². The number of halogens is 3. The van der Waals surface area contributed by atoms with Gasteiger partial charge < -0.3 is 133 Å². The Balaban J connectivity index is 1.03. The van der Waals surface area contributed by atoms with Gasteiger partial charge in [0.05, 0.1) is 46.8 Å². The van der Waals surface area contributed by atoms with E-state index >= 15 is 14.4 Å². The van der Waals surface area contributed by atoms with Crippen molar-refractivity contribution in [3.63, 3.8) is 0 Å². The second-order valence-electron chi connectivity index (χ2n) is 29.0. The first kappa shape index (κ1) is 83.9. The Kier molecular flexibility index (Phi) is 25.5. The number of rotatable bonds is 18. The maximum Gasteiger partial charge on any atom is 0.330 e. The lowest BCUT2D eigenvalue weighted by Crippen LogP contribution is -2.65. The number of fused-ring (bicyclic) bond motifs is 16. The van der Waals surface area contributed by atoms with Crippen molar-refractivity contribution in [2.75, 3.05) is 32.1 Å². The first-order chi connectivity index (χ1) is 54.6. The van der Waals surface area contributed by atoms with E-state index in [1.807, 2.05) is 19.9 Å². The van der Waals surface area contributed by atoms with E-state index in [1.165, 1.54) is 19.2 Å². The lowest BCUT2D eigenvalue weighted by Gasteiger charge is -2.48. The summed E-state index contributed by atoms with van der Waals surface area (Å²) < 4.78 is 39.4. The van der Waals surface area contributed by atoms with Crippen LogP contribution < -0.4 is 67.8 Å². The molecule has 7 amide bonds. The second kappa shape index (κ2) is 34.9. The van der Waals surface area contributed by atoms with Gasteiger partial charge in [0.1, 0.15) is 89.5 Å². The molecule has 8 heterocycles. The topological polar surface area (TPSA) is 541 Å². The molecule has 38 heteroatoms. The number of benzene rings is 6. The molecule has 612 valence electrons. The SMILES string of the molecule is CN[C@H](CC(C)C)C(=O)N[C@H]1C(=O)N[C@@H](CC(N)=O)C(=O)N[C@H]2C(=O)N[C@H]3C(=O)N[C@H](C(=O)NC(C(=O)O)c4cc(O)cc(O)c4-c4cc3ccc4O)[C@H](O)c3ccc(c(Cl)c3)Oc3cc2cc(c3OC2OC(CO)C(O)C(O)C2OC2CC(C)(NCCNc3ccnc4cc(Cl)ccc34)C(O)C(C)O2)Oc2ccc(cc2Cl)[C@H]1O. The molecule has 1 aromatic heterocycles. The number of phenolic OH excluding ortho intramolecular Hbond substituents is 3. The fourth-order valence-electron chi connectivity index (χ4n) is 14.5. The van der Waals surface area contributed by atoms with E-state index in [0.29, 0.717) is 17.1 Å². The van der Waals surface area contributed by atoms with Crippen molar-refractivity contribution < 1.29 is 118 Å². The van der Waals surface area contributed by atoms with Crippen molar-refractivity contribution in [3.05, 3.63) is 152 Å². The normalized spacial score (nSPS) is 27.3. The Hall–Kier alpha value is -10.5. The summed E-state index contributed by atoms with van der Waals surface area (Å²) in [5.74, 6) is -16.1. The number of amides is 7. The number of hydrogen-bond donors (Lipinski definition) is 20. The summed E-state index contributed by atoms with van der Waals surface area (Å²) in [5, 5.41) is 141. The average Bonchev–Trinajstić information content (AvgIpc) is 0.767. The number of carbonyl (C=O) groups excluding carboxylic acids is 7. The van der Waals surface area contributed by atoms with Crippen LogP contribution in [-0.4, -0.2) is 209 Å². The molecule has 2 saturated heterocycles. The monoisotopic (exact) mass is 1650 g/mol. The minimum atomic E-state index is -2.37. The van der Waals surface area contributed by atoms with Gasteiger partial charge in [-0.1, -0.05) is 66.8 Å². The molecule has 0 saturated carbocycles. The van der Waals surface area contributed by atoms with Gasteiger partial charge in [0, 0.05) is 70.1 Å². The van der Waals surface area contributed by atoms with E-state index in [-0.39, 0.29) is 52.8 Å². The molecule has 10 unspecified atom stereocenters. The van der Waals surface area contributed by atoms with Crippen LogP contribution in [0.15, 0.2) is 109 Å². The highest BCUT2D eigenvalue weighted by atomic mass is 35.5. The zero-order valence-electron chi connectivity index (χ0n) is 61.9. The van der Waals surface area contributed by atoms with Crippen molar-refractivity contribution >= 4 is 98.7 Å². The minimum Gasteiger partial charge on any atom is -0.508 e. The number of nitrogens with zero attached hydrogens (tertiary/aromatic N) is 1. The van der Waals surface area contributed by atoms with Crippen molar-refractivity contribution in [1.82, 2.24) is 47.5 Å². The number of aliphatic hydroxyl groups excluding tert-OH is 6. The fourth-order valence-corrected chi connectivity index (χ4v) is 15.1. The Bertz CT molecular complexity index is 4930. The number of carboxylic acid groups (broad SMARTS) is 1. The van der Waals surface area contributed by atoms with Crippen LogP contribution in [0, 0.1) is 5.92 Å². The van der Waals surface area contributed by atoms with Crippen LogP contribution in [0.2, 0.25) is 15.1 Å². The number of aromatic hydroxyl groups is 3. The molecule has 11 bridgehead atoms. The predicted molar refractivity (Wildman–Crippen MR) is 408 cm³/mol. The Morgan fingerprint density at radius 2 is 1.36 bits per heavy atom. The zero-order chi connectivity index (χ0) is 82.9. The highest BCUT2D eigenvalue weighted by molar-refractivity contribution is 6.32. The van der Waals surface area contributed by atoms with Crippen molar-refractivity contribution in [2.24, 2.45) is 11.7 Å².